The lowest BCUT2D eigenvalue weighted by Gasteiger charge is -2.05. The van der Waals surface area contributed by atoms with Crippen LogP contribution in [0.1, 0.15) is 5.56 Å². The van der Waals surface area contributed by atoms with Crippen molar-refractivity contribution < 1.29 is 4.42 Å². The molecule has 0 saturated heterocycles. The highest BCUT2D eigenvalue weighted by Crippen LogP contribution is 2.36. The van der Waals surface area contributed by atoms with E-state index in [1.165, 1.54) is 5.56 Å². The predicted molar refractivity (Wildman–Crippen MR) is 81.7 cm³/mol. The number of pyridine rings is 1. The Morgan fingerprint density at radius 1 is 0.850 bits per heavy atom. The smallest absolute Gasteiger partial charge is 0.145 e. The first kappa shape index (κ1) is 11.2. The zero-order chi connectivity index (χ0) is 13.5. The van der Waals surface area contributed by atoms with Crippen molar-refractivity contribution in [3.05, 3.63) is 66.4 Å². The van der Waals surface area contributed by atoms with Crippen molar-refractivity contribution >= 4 is 21.9 Å². The molecule has 0 bridgehead atoms. The van der Waals surface area contributed by atoms with E-state index in [0.29, 0.717) is 0 Å². The molecule has 4 rings (SSSR count). The fraction of sp³-hybridized carbons (Fsp3) is 0.0556. The molecule has 0 N–H and O–H groups in total. The van der Waals surface area contributed by atoms with Crippen LogP contribution in [0.3, 0.4) is 0 Å². The van der Waals surface area contributed by atoms with Gasteiger partial charge < -0.3 is 4.42 Å². The minimum atomic E-state index is 0.921. The van der Waals surface area contributed by atoms with Crippen molar-refractivity contribution in [1.82, 2.24) is 4.98 Å². The zero-order valence-corrected chi connectivity index (χ0v) is 11.1. The van der Waals surface area contributed by atoms with Crippen LogP contribution in [0.5, 0.6) is 0 Å². The molecular formula is C18H13NO. The molecule has 2 heterocycles. The Morgan fingerprint density at radius 2 is 1.70 bits per heavy atom. The SMILES string of the molecule is Cc1ccc2c(oc3ccccc32)c1-c1ccccn1. The number of fused-ring (bicyclic) bond motifs is 3. The van der Waals surface area contributed by atoms with Crippen LogP contribution in [0.25, 0.3) is 33.2 Å². The van der Waals surface area contributed by atoms with Crippen molar-refractivity contribution in [1.29, 1.82) is 0 Å². The van der Waals surface area contributed by atoms with Gasteiger partial charge in [0, 0.05) is 22.5 Å². The van der Waals surface area contributed by atoms with Crippen LogP contribution in [0, 0.1) is 6.92 Å². The number of aromatic nitrogens is 1. The first-order valence-corrected chi connectivity index (χ1v) is 6.67. The van der Waals surface area contributed by atoms with E-state index in [2.05, 4.69) is 30.1 Å². The van der Waals surface area contributed by atoms with Crippen LogP contribution in [0.2, 0.25) is 0 Å². The third-order valence-electron chi connectivity index (χ3n) is 3.68. The van der Waals surface area contributed by atoms with Crippen molar-refractivity contribution in [2.24, 2.45) is 0 Å². The van der Waals surface area contributed by atoms with E-state index in [1.807, 2.05) is 42.6 Å². The largest absolute Gasteiger partial charge is 0.455 e. The summed E-state index contributed by atoms with van der Waals surface area (Å²) in [5.41, 5.74) is 5.05. The number of hydrogen-bond acceptors (Lipinski definition) is 2. The molecule has 0 aliphatic rings. The fourth-order valence-corrected chi connectivity index (χ4v) is 2.72. The standard InChI is InChI=1S/C18H13NO/c1-12-9-10-14-13-6-2-3-8-16(13)20-18(14)17(12)15-7-4-5-11-19-15/h2-11H,1H3. The van der Waals surface area contributed by atoms with E-state index < -0.39 is 0 Å². The summed E-state index contributed by atoms with van der Waals surface area (Å²) in [6, 6.07) is 18.4. The fourth-order valence-electron chi connectivity index (χ4n) is 2.72. The van der Waals surface area contributed by atoms with Crippen molar-refractivity contribution in [3.8, 4) is 11.3 Å². The van der Waals surface area contributed by atoms with E-state index in [-0.39, 0.29) is 0 Å². The Labute approximate surface area is 116 Å². The maximum atomic E-state index is 6.08. The Balaban J connectivity index is 2.17. The van der Waals surface area contributed by atoms with E-state index in [9.17, 15) is 0 Å². The molecule has 2 heteroatoms. The topological polar surface area (TPSA) is 26.0 Å². The van der Waals surface area contributed by atoms with Gasteiger partial charge in [0.2, 0.25) is 0 Å². The second kappa shape index (κ2) is 4.20. The predicted octanol–water partition coefficient (Wildman–Crippen LogP) is 4.96. The lowest BCUT2D eigenvalue weighted by molar-refractivity contribution is 0.669. The van der Waals surface area contributed by atoms with Gasteiger partial charge in [-0.05, 0) is 30.7 Å². The van der Waals surface area contributed by atoms with Gasteiger partial charge in [-0.2, -0.15) is 0 Å². The van der Waals surface area contributed by atoms with E-state index in [4.69, 9.17) is 4.42 Å². The van der Waals surface area contributed by atoms with Crippen molar-refractivity contribution in [2.45, 2.75) is 6.92 Å². The van der Waals surface area contributed by atoms with Gasteiger partial charge in [0.15, 0.2) is 0 Å². The molecule has 2 aromatic heterocycles. The number of nitrogens with zero attached hydrogens (tertiary/aromatic N) is 1. The number of aryl methyl sites for hydroxylation is 1. The molecule has 0 aliphatic carbocycles. The highest BCUT2D eigenvalue weighted by Gasteiger charge is 2.14. The summed E-state index contributed by atoms with van der Waals surface area (Å²) < 4.78 is 6.08. The number of hydrogen-bond donors (Lipinski definition) is 0. The number of benzene rings is 2. The molecule has 0 amide bonds. The van der Waals surface area contributed by atoms with Crippen LogP contribution >= 0.6 is 0 Å². The van der Waals surface area contributed by atoms with Gasteiger partial charge in [0.25, 0.3) is 0 Å². The number of rotatable bonds is 1. The zero-order valence-electron chi connectivity index (χ0n) is 11.1. The second-order valence-corrected chi connectivity index (χ2v) is 4.95. The van der Waals surface area contributed by atoms with Crippen molar-refractivity contribution in [3.63, 3.8) is 0 Å². The molecule has 2 aromatic carbocycles. The summed E-state index contributed by atoms with van der Waals surface area (Å²) in [7, 11) is 0. The normalized spacial score (nSPS) is 11.2. The number of para-hydroxylation sites is 1. The van der Waals surface area contributed by atoms with Crippen LogP contribution in [-0.2, 0) is 0 Å². The monoisotopic (exact) mass is 259 g/mol. The van der Waals surface area contributed by atoms with Crippen LogP contribution < -0.4 is 0 Å². The Morgan fingerprint density at radius 3 is 2.55 bits per heavy atom. The molecule has 0 saturated carbocycles. The Kier molecular flexibility index (Phi) is 2.36. The third-order valence-corrected chi connectivity index (χ3v) is 3.68. The molecule has 96 valence electrons. The minimum absolute atomic E-state index is 0.921. The molecule has 0 atom stereocenters. The van der Waals surface area contributed by atoms with Crippen LogP contribution in [0.15, 0.2) is 65.2 Å². The van der Waals surface area contributed by atoms with E-state index in [0.717, 1.165) is 33.2 Å². The van der Waals surface area contributed by atoms with E-state index in [1.54, 1.807) is 0 Å². The summed E-state index contributed by atoms with van der Waals surface area (Å²) in [5, 5.41) is 2.30. The van der Waals surface area contributed by atoms with Gasteiger partial charge in [0.05, 0.1) is 5.69 Å². The van der Waals surface area contributed by atoms with Gasteiger partial charge in [-0.25, -0.2) is 0 Å². The van der Waals surface area contributed by atoms with Gasteiger partial charge in [-0.15, -0.1) is 0 Å². The van der Waals surface area contributed by atoms with Crippen LogP contribution in [0.4, 0.5) is 0 Å². The maximum absolute atomic E-state index is 6.08. The Bertz CT molecular complexity index is 907. The first-order chi connectivity index (χ1) is 9.84. The van der Waals surface area contributed by atoms with E-state index >= 15 is 0 Å². The van der Waals surface area contributed by atoms with Crippen LogP contribution in [-0.4, -0.2) is 4.98 Å². The molecule has 4 aromatic rings. The van der Waals surface area contributed by atoms with Gasteiger partial charge in [0.1, 0.15) is 11.2 Å². The average Bonchev–Trinajstić information content (AvgIpc) is 2.86. The second-order valence-electron chi connectivity index (χ2n) is 4.95. The molecule has 0 aliphatic heterocycles. The molecule has 0 radical (unpaired) electrons. The minimum Gasteiger partial charge on any atom is -0.455 e. The summed E-state index contributed by atoms with van der Waals surface area (Å²) in [6.45, 7) is 2.09. The summed E-state index contributed by atoms with van der Waals surface area (Å²) in [5.74, 6) is 0. The van der Waals surface area contributed by atoms with Gasteiger partial charge in [-0.3, -0.25) is 4.98 Å². The first-order valence-electron chi connectivity index (χ1n) is 6.67. The van der Waals surface area contributed by atoms with Crippen molar-refractivity contribution in [2.75, 3.05) is 0 Å². The highest BCUT2D eigenvalue weighted by molar-refractivity contribution is 6.09. The Hall–Kier alpha value is -2.61. The molecule has 20 heavy (non-hydrogen) atoms. The quantitative estimate of drug-likeness (QED) is 0.483. The van der Waals surface area contributed by atoms with Gasteiger partial charge in [-0.1, -0.05) is 36.4 Å². The summed E-state index contributed by atoms with van der Waals surface area (Å²) in [4.78, 5) is 4.47. The molecule has 2 nitrogen and oxygen atoms in total. The average molecular weight is 259 g/mol. The number of furan rings is 1. The lowest BCUT2D eigenvalue weighted by Crippen LogP contribution is -1.86. The highest BCUT2D eigenvalue weighted by atomic mass is 16.3. The third kappa shape index (κ3) is 1.55. The summed E-state index contributed by atoms with van der Waals surface area (Å²) in [6.07, 6.45) is 1.82. The molecule has 0 unspecified atom stereocenters. The lowest BCUT2D eigenvalue weighted by atomic mass is 10.0. The van der Waals surface area contributed by atoms with Gasteiger partial charge >= 0.3 is 0 Å². The molecule has 0 spiro atoms. The summed E-state index contributed by atoms with van der Waals surface area (Å²) >= 11 is 0. The molecule has 0 fully saturated rings. The molecular weight excluding hydrogens is 246 g/mol. The maximum Gasteiger partial charge on any atom is 0.145 e.